The highest BCUT2D eigenvalue weighted by Crippen LogP contribution is 2.43. The second kappa shape index (κ2) is 4.08. The van der Waals surface area contributed by atoms with Crippen molar-refractivity contribution in [2.45, 2.75) is 52.9 Å². The van der Waals surface area contributed by atoms with E-state index in [1.54, 1.807) is 0 Å². The Kier molecular flexibility index (Phi) is 3.29. The molecule has 0 amide bonds. The Labute approximate surface area is 81.2 Å². The molecule has 0 spiro atoms. The van der Waals surface area contributed by atoms with Gasteiger partial charge < -0.3 is 4.79 Å². The van der Waals surface area contributed by atoms with E-state index >= 15 is 0 Å². The van der Waals surface area contributed by atoms with Gasteiger partial charge in [-0.3, -0.25) is 0 Å². The smallest absolute Gasteiger partial charge is 0.120 e. The lowest BCUT2D eigenvalue weighted by Crippen LogP contribution is -2.24. The highest BCUT2D eigenvalue weighted by Gasteiger charge is 2.31. The third-order valence-electron chi connectivity index (χ3n) is 3.67. The Morgan fingerprint density at radius 3 is 2.54 bits per heavy atom. The second-order valence-electron chi connectivity index (χ2n) is 4.46. The fourth-order valence-corrected chi connectivity index (χ4v) is 2.26. The number of allylic oxidation sites excluding steroid dienone is 2. The lowest BCUT2D eigenvalue weighted by molar-refractivity contribution is -0.110. The van der Waals surface area contributed by atoms with E-state index in [0.717, 1.165) is 25.5 Å². The summed E-state index contributed by atoms with van der Waals surface area (Å²) in [4.78, 5) is 10.6. The van der Waals surface area contributed by atoms with Gasteiger partial charge in [0.25, 0.3) is 0 Å². The molecule has 0 heterocycles. The van der Waals surface area contributed by atoms with Gasteiger partial charge in [-0.05, 0) is 44.9 Å². The van der Waals surface area contributed by atoms with Crippen LogP contribution in [0.15, 0.2) is 11.1 Å². The average Bonchev–Trinajstić information content (AvgIpc) is 2.12. The van der Waals surface area contributed by atoms with Crippen LogP contribution in [0.4, 0.5) is 0 Å². The molecule has 0 saturated carbocycles. The molecule has 13 heavy (non-hydrogen) atoms. The zero-order valence-corrected chi connectivity index (χ0v) is 9.02. The van der Waals surface area contributed by atoms with E-state index in [4.69, 9.17) is 0 Å². The van der Waals surface area contributed by atoms with E-state index in [0.29, 0.717) is 5.41 Å². The Morgan fingerprint density at radius 2 is 2.08 bits per heavy atom. The number of carbonyl (C=O) groups is 1. The van der Waals surface area contributed by atoms with Gasteiger partial charge in [0, 0.05) is 6.42 Å². The molecule has 0 aliphatic heterocycles. The van der Waals surface area contributed by atoms with E-state index in [2.05, 4.69) is 20.8 Å². The van der Waals surface area contributed by atoms with Crippen molar-refractivity contribution in [2.75, 3.05) is 0 Å². The van der Waals surface area contributed by atoms with Gasteiger partial charge in [-0.25, -0.2) is 0 Å². The molecule has 0 fully saturated rings. The highest BCUT2D eigenvalue weighted by molar-refractivity contribution is 5.51. The molecule has 0 aromatic rings. The molecular formula is C12H20O. The van der Waals surface area contributed by atoms with Gasteiger partial charge in [-0.1, -0.05) is 18.1 Å². The van der Waals surface area contributed by atoms with Crippen LogP contribution in [0.2, 0.25) is 0 Å². The number of hydrogen-bond acceptors (Lipinski definition) is 1. The van der Waals surface area contributed by atoms with Crippen LogP contribution in [-0.2, 0) is 4.79 Å². The van der Waals surface area contributed by atoms with Gasteiger partial charge in [0.2, 0.25) is 0 Å². The van der Waals surface area contributed by atoms with Gasteiger partial charge in [-0.15, -0.1) is 0 Å². The largest absolute Gasteiger partial charge is 0.303 e. The summed E-state index contributed by atoms with van der Waals surface area (Å²) in [6.07, 6.45) is 6.49. The number of aldehydes is 1. The molecule has 1 heteroatoms. The molecule has 0 radical (unpaired) electrons. The first kappa shape index (κ1) is 10.5. The first-order chi connectivity index (χ1) is 6.13. The Morgan fingerprint density at radius 1 is 1.38 bits per heavy atom. The SMILES string of the molecule is CC[C@@]1(CC=O)CCC(C)=C(C)C1. The van der Waals surface area contributed by atoms with E-state index in [1.807, 2.05) is 0 Å². The van der Waals surface area contributed by atoms with Gasteiger partial charge in [0.15, 0.2) is 0 Å². The maximum absolute atomic E-state index is 10.6. The van der Waals surface area contributed by atoms with Crippen molar-refractivity contribution in [2.24, 2.45) is 5.41 Å². The summed E-state index contributed by atoms with van der Waals surface area (Å²) in [5, 5.41) is 0. The minimum absolute atomic E-state index is 0.297. The molecular weight excluding hydrogens is 160 g/mol. The number of carbonyl (C=O) groups excluding carboxylic acids is 1. The molecule has 1 rings (SSSR count). The summed E-state index contributed by atoms with van der Waals surface area (Å²) < 4.78 is 0. The average molecular weight is 180 g/mol. The van der Waals surface area contributed by atoms with Crippen molar-refractivity contribution in [3.63, 3.8) is 0 Å². The fourth-order valence-electron chi connectivity index (χ4n) is 2.26. The lowest BCUT2D eigenvalue weighted by Gasteiger charge is -2.36. The predicted molar refractivity (Wildman–Crippen MR) is 55.6 cm³/mol. The quantitative estimate of drug-likeness (QED) is 0.480. The maximum atomic E-state index is 10.6. The fraction of sp³-hybridized carbons (Fsp3) is 0.750. The number of hydrogen-bond donors (Lipinski definition) is 0. The molecule has 1 aliphatic rings. The first-order valence-corrected chi connectivity index (χ1v) is 5.22. The standard InChI is InChI=1S/C12H20O/c1-4-12(7-8-13)6-5-10(2)11(3)9-12/h8H,4-7,9H2,1-3H3/t12-/m0/s1. The van der Waals surface area contributed by atoms with Gasteiger partial charge in [-0.2, -0.15) is 0 Å². The van der Waals surface area contributed by atoms with Crippen LogP contribution in [-0.4, -0.2) is 6.29 Å². The van der Waals surface area contributed by atoms with Crippen LogP contribution in [0.1, 0.15) is 52.9 Å². The monoisotopic (exact) mass is 180 g/mol. The third-order valence-corrected chi connectivity index (χ3v) is 3.67. The predicted octanol–water partition coefficient (Wildman–Crippen LogP) is 3.49. The first-order valence-electron chi connectivity index (χ1n) is 5.22. The van der Waals surface area contributed by atoms with Gasteiger partial charge in [0.1, 0.15) is 6.29 Å². The molecule has 1 nitrogen and oxygen atoms in total. The number of rotatable bonds is 3. The summed E-state index contributed by atoms with van der Waals surface area (Å²) in [5.41, 5.74) is 3.34. The Balaban J connectivity index is 2.77. The molecule has 0 aromatic carbocycles. The summed E-state index contributed by atoms with van der Waals surface area (Å²) >= 11 is 0. The minimum Gasteiger partial charge on any atom is -0.303 e. The maximum Gasteiger partial charge on any atom is 0.120 e. The van der Waals surface area contributed by atoms with E-state index in [1.165, 1.54) is 24.0 Å². The highest BCUT2D eigenvalue weighted by atomic mass is 16.1. The summed E-state index contributed by atoms with van der Waals surface area (Å²) in [6, 6.07) is 0. The summed E-state index contributed by atoms with van der Waals surface area (Å²) in [7, 11) is 0. The molecule has 0 bridgehead atoms. The molecule has 74 valence electrons. The second-order valence-corrected chi connectivity index (χ2v) is 4.46. The van der Waals surface area contributed by atoms with Crippen LogP contribution in [0.25, 0.3) is 0 Å². The summed E-state index contributed by atoms with van der Waals surface area (Å²) in [5.74, 6) is 0. The van der Waals surface area contributed by atoms with Crippen LogP contribution in [0.5, 0.6) is 0 Å². The van der Waals surface area contributed by atoms with Crippen LogP contribution < -0.4 is 0 Å². The van der Waals surface area contributed by atoms with E-state index < -0.39 is 0 Å². The molecule has 0 N–H and O–H groups in total. The van der Waals surface area contributed by atoms with Crippen molar-refractivity contribution in [1.29, 1.82) is 0 Å². The van der Waals surface area contributed by atoms with E-state index in [9.17, 15) is 4.79 Å². The topological polar surface area (TPSA) is 17.1 Å². The van der Waals surface area contributed by atoms with Crippen LogP contribution in [0, 0.1) is 5.41 Å². The van der Waals surface area contributed by atoms with Crippen molar-refractivity contribution in [3.8, 4) is 0 Å². The Bertz CT molecular complexity index is 227. The zero-order valence-electron chi connectivity index (χ0n) is 9.02. The van der Waals surface area contributed by atoms with Gasteiger partial charge >= 0.3 is 0 Å². The third kappa shape index (κ3) is 2.20. The van der Waals surface area contributed by atoms with Crippen molar-refractivity contribution in [3.05, 3.63) is 11.1 Å². The van der Waals surface area contributed by atoms with Crippen molar-refractivity contribution < 1.29 is 4.79 Å². The zero-order chi connectivity index (χ0) is 9.90. The summed E-state index contributed by atoms with van der Waals surface area (Å²) in [6.45, 7) is 6.64. The van der Waals surface area contributed by atoms with Gasteiger partial charge in [0.05, 0.1) is 0 Å². The van der Waals surface area contributed by atoms with Crippen LogP contribution in [0.3, 0.4) is 0 Å². The minimum atomic E-state index is 0.297. The van der Waals surface area contributed by atoms with Crippen LogP contribution >= 0.6 is 0 Å². The molecule has 1 aliphatic carbocycles. The Hall–Kier alpha value is -0.590. The van der Waals surface area contributed by atoms with Crippen molar-refractivity contribution >= 4 is 6.29 Å². The van der Waals surface area contributed by atoms with E-state index in [-0.39, 0.29) is 0 Å². The molecule has 1 atom stereocenters. The molecule has 0 saturated heterocycles. The molecule has 0 aromatic heterocycles. The molecule has 0 unspecified atom stereocenters. The normalized spacial score (nSPS) is 29.2. The van der Waals surface area contributed by atoms with Crippen molar-refractivity contribution in [1.82, 2.24) is 0 Å². The lowest BCUT2D eigenvalue weighted by atomic mass is 9.69.